The fraction of sp³-hybridized carbons (Fsp3) is 0.320. The maximum absolute atomic E-state index is 11.7. The van der Waals surface area contributed by atoms with Crippen LogP contribution in [0.5, 0.6) is 11.5 Å². The number of hydrogen-bond donors (Lipinski definition) is 1. The third-order valence-corrected chi connectivity index (χ3v) is 7.20. The molecule has 0 bridgehead atoms. The highest BCUT2D eigenvalue weighted by Gasteiger charge is 2.26. The second-order valence-electron chi connectivity index (χ2n) is 8.30. The number of halogens is 2. The summed E-state index contributed by atoms with van der Waals surface area (Å²) in [5.41, 5.74) is 2.26. The van der Waals surface area contributed by atoms with Crippen LogP contribution in [0.3, 0.4) is 0 Å². The predicted molar refractivity (Wildman–Crippen MR) is 140 cm³/mol. The molecule has 0 spiro atoms. The molecule has 0 aliphatic heterocycles. The molecule has 1 aromatic heterocycles. The van der Waals surface area contributed by atoms with E-state index >= 15 is 0 Å². The number of nitriles is 1. The Morgan fingerprint density at radius 1 is 1.11 bits per heavy atom. The lowest BCUT2D eigenvalue weighted by atomic mass is 9.77. The lowest BCUT2D eigenvalue weighted by molar-refractivity contribution is 0.301. The van der Waals surface area contributed by atoms with Gasteiger partial charge in [-0.1, -0.05) is 37.6 Å². The maximum Gasteiger partial charge on any atom is 0.236 e. The molecule has 0 aliphatic carbocycles. The lowest BCUT2D eigenvalue weighted by Gasteiger charge is -2.27. The molecule has 3 aromatic rings. The van der Waals surface area contributed by atoms with Crippen LogP contribution in [0.25, 0.3) is 0 Å². The van der Waals surface area contributed by atoms with Crippen molar-refractivity contribution in [3.8, 4) is 17.6 Å². The first-order chi connectivity index (χ1) is 17.1. The van der Waals surface area contributed by atoms with E-state index in [1.807, 2.05) is 38.1 Å². The Bertz CT molecular complexity index is 1360. The van der Waals surface area contributed by atoms with E-state index in [2.05, 4.69) is 20.8 Å². The summed E-state index contributed by atoms with van der Waals surface area (Å²) < 4.78 is 37.2. The van der Waals surface area contributed by atoms with Gasteiger partial charge >= 0.3 is 0 Å². The molecular formula is C25H26Cl2N4O4S. The van der Waals surface area contributed by atoms with Crippen LogP contribution in [-0.2, 0) is 22.0 Å². The fourth-order valence-electron chi connectivity index (χ4n) is 3.35. The number of alkyl halides is 1. The van der Waals surface area contributed by atoms with Crippen LogP contribution in [-0.4, -0.2) is 36.6 Å². The second-order valence-corrected chi connectivity index (χ2v) is 11.1. The number of anilines is 1. The first-order valence-electron chi connectivity index (χ1n) is 11.1. The van der Waals surface area contributed by atoms with Crippen molar-refractivity contribution in [3.63, 3.8) is 0 Å². The SMILES string of the molecule is CCS(=O)(=O)Nc1nccc(COc2ccc(C(C)(C)c3cc(Cl)c(OCCCl)c(C#N)c3)cc2)n1. The van der Waals surface area contributed by atoms with Gasteiger partial charge in [0, 0.05) is 11.6 Å². The van der Waals surface area contributed by atoms with E-state index in [1.54, 1.807) is 18.2 Å². The Hall–Kier alpha value is -3.06. The van der Waals surface area contributed by atoms with E-state index in [0.29, 0.717) is 33.7 Å². The van der Waals surface area contributed by atoms with Gasteiger partial charge < -0.3 is 9.47 Å². The largest absolute Gasteiger partial charge is 0.489 e. The van der Waals surface area contributed by atoms with Gasteiger partial charge in [-0.2, -0.15) is 5.26 Å². The third kappa shape index (κ3) is 6.78. The van der Waals surface area contributed by atoms with Gasteiger partial charge in [0.2, 0.25) is 16.0 Å². The summed E-state index contributed by atoms with van der Waals surface area (Å²) in [5, 5.41) is 9.95. The zero-order valence-electron chi connectivity index (χ0n) is 20.1. The molecule has 0 amide bonds. The number of nitrogens with one attached hydrogen (secondary N) is 1. The van der Waals surface area contributed by atoms with Crippen molar-refractivity contribution in [2.45, 2.75) is 32.8 Å². The molecule has 1 heterocycles. The Labute approximate surface area is 221 Å². The molecule has 0 saturated carbocycles. The van der Waals surface area contributed by atoms with E-state index in [1.165, 1.54) is 13.1 Å². The van der Waals surface area contributed by atoms with Crippen LogP contribution >= 0.6 is 23.2 Å². The smallest absolute Gasteiger partial charge is 0.236 e. The molecule has 190 valence electrons. The molecular weight excluding hydrogens is 523 g/mol. The van der Waals surface area contributed by atoms with Crippen LogP contribution in [0.15, 0.2) is 48.7 Å². The summed E-state index contributed by atoms with van der Waals surface area (Å²) in [6.07, 6.45) is 1.47. The highest BCUT2D eigenvalue weighted by molar-refractivity contribution is 7.92. The van der Waals surface area contributed by atoms with Gasteiger partial charge in [-0.25, -0.2) is 18.4 Å². The average Bonchev–Trinajstić information content (AvgIpc) is 2.86. The minimum absolute atomic E-state index is 0.00419. The van der Waals surface area contributed by atoms with Gasteiger partial charge in [-0.05, 0) is 48.4 Å². The summed E-state index contributed by atoms with van der Waals surface area (Å²) in [7, 11) is -3.47. The number of benzene rings is 2. The molecule has 0 aliphatic rings. The topological polar surface area (TPSA) is 114 Å². The van der Waals surface area contributed by atoms with Crippen molar-refractivity contribution >= 4 is 39.2 Å². The van der Waals surface area contributed by atoms with Gasteiger partial charge in [0.25, 0.3) is 0 Å². The van der Waals surface area contributed by atoms with Gasteiger partial charge in [-0.3, -0.25) is 4.72 Å². The van der Waals surface area contributed by atoms with Gasteiger partial charge in [0.15, 0.2) is 5.75 Å². The van der Waals surface area contributed by atoms with Crippen LogP contribution in [0.1, 0.15) is 43.2 Å². The summed E-state index contributed by atoms with van der Waals surface area (Å²) in [6.45, 7) is 6.00. The first-order valence-corrected chi connectivity index (χ1v) is 13.6. The van der Waals surface area contributed by atoms with Crippen molar-refractivity contribution in [1.82, 2.24) is 9.97 Å². The lowest BCUT2D eigenvalue weighted by Crippen LogP contribution is -2.19. The molecule has 0 atom stereocenters. The molecule has 8 nitrogen and oxygen atoms in total. The van der Waals surface area contributed by atoms with Crippen molar-refractivity contribution < 1.29 is 17.9 Å². The van der Waals surface area contributed by atoms with Crippen LogP contribution in [0.2, 0.25) is 5.02 Å². The van der Waals surface area contributed by atoms with Crippen molar-refractivity contribution in [3.05, 3.63) is 76.1 Å². The molecule has 1 N–H and O–H groups in total. The number of rotatable bonds is 11. The van der Waals surface area contributed by atoms with Gasteiger partial charge in [0.05, 0.1) is 27.9 Å². The molecule has 0 radical (unpaired) electrons. The van der Waals surface area contributed by atoms with Crippen LogP contribution < -0.4 is 14.2 Å². The molecule has 0 fully saturated rings. The Morgan fingerprint density at radius 2 is 1.83 bits per heavy atom. The van der Waals surface area contributed by atoms with Crippen LogP contribution in [0.4, 0.5) is 5.95 Å². The standard InChI is InChI=1S/C25H26Cl2N4O4S/c1-4-36(32,33)31-24-29-11-9-20(30-24)16-35-21-7-5-18(6-8-21)25(2,3)19-13-17(15-28)23(22(27)14-19)34-12-10-26/h5-9,11,13-14H,4,10,12,16H2,1-3H3,(H,29,30,31). The number of aromatic nitrogens is 2. The number of nitrogens with zero attached hydrogens (tertiary/aromatic N) is 3. The Kier molecular flexibility index (Phi) is 9.01. The normalized spacial score (nSPS) is 11.6. The third-order valence-electron chi connectivity index (χ3n) is 5.51. The molecule has 0 saturated heterocycles. The molecule has 11 heteroatoms. The fourth-order valence-corrected chi connectivity index (χ4v) is 4.23. The summed E-state index contributed by atoms with van der Waals surface area (Å²) in [4.78, 5) is 8.12. The van der Waals surface area contributed by atoms with Crippen molar-refractivity contribution in [1.29, 1.82) is 5.26 Å². The summed E-state index contributed by atoms with van der Waals surface area (Å²) in [5.74, 6) is 1.17. The van der Waals surface area contributed by atoms with E-state index in [9.17, 15) is 13.7 Å². The zero-order chi connectivity index (χ0) is 26.3. The van der Waals surface area contributed by atoms with Crippen LogP contribution in [0, 0.1) is 11.3 Å². The summed E-state index contributed by atoms with van der Waals surface area (Å²) in [6, 6.07) is 14.9. The number of sulfonamides is 1. The van der Waals surface area contributed by atoms with Gasteiger partial charge in [-0.15, -0.1) is 11.6 Å². The molecule has 0 unspecified atom stereocenters. The minimum Gasteiger partial charge on any atom is -0.489 e. The van der Waals surface area contributed by atoms with Crippen molar-refractivity contribution in [2.75, 3.05) is 23.0 Å². The first kappa shape index (κ1) is 27.5. The van der Waals surface area contributed by atoms with E-state index in [-0.39, 0.29) is 24.9 Å². The van der Waals surface area contributed by atoms with Crippen molar-refractivity contribution in [2.24, 2.45) is 0 Å². The second kappa shape index (κ2) is 11.8. The quantitative estimate of drug-likeness (QED) is 0.324. The number of hydrogen-bond acceptors (Lipinski definition) is 7. The van der Waals surface area contributed by atoms with E-state index < -0.39 is 15.4 Å². The zero-order valence-corrected chi connectivity index (χ0v) is 22.4. The molecule has 36 heavy (non-hydrogen) atoms. The van der Waals surface area contributed by atoms with Gasteiger partial charge in [0.1, 0.15) is 25.0 Å². The Morgan fingerprint density at radius 3 is 2.47 bits per heavy atom. The Balaban J connectivity index is 1.74. The highest BCUT2D eigenvalue weighted by Crippen LogP contribution is 2.38. The van der Waals surface area contributed by atoms with E-state index in [4.69, 9.17) is 32.7 Å². The average molecular weight is 549 g/mol. The molecule has 3 rings (SSSR count). The molecule has 2 aromatic carbocycles. The minimum atomic E-state index is -3.47. The maximum atomic E-state index is 11.7. The summed E-state index contributed by atoms with van der Waals surface area (Å²) >= 11 is 12.1. The predicted octanol–water partition coefficient (Wildman–Crippen LogP) is 5.29. The highest BCUT2D eigenvalue weighted by atomic mass is 35.5. The monoisotopic (exact) mass is 548 g/mol. The van der Waals surface area contributed by atoms with E-state index in [0.717, 1.165) is 11.1 Å². The number of ether oxygens (including phenoxy) is 2.